The number of esters is 1. The second kappa shape index (κ2) is 4.19. The third kappa shape index (κ3) is 1.91. The Hall–Kier alpha value is -1.46. The third-order valence-electron chi connectivity index (χ3n) is 2.26. The number of carbonyl (C=O) groups excluding carboxylic acids is 1. The van der Waals surface area contributed by atoms with Crippen molar-refractivity contribution in [2.24, 2.45) is 5.73 Å². The molecule has 1 unspecified atom stereocenters. The highest BCUT2D eigenvalue weighted by Gasteiger charge is 2.18. The molecule has 0 saturated heterocycles. The van der Waals surface area contributed by atoms with Crippen LogP contribution < -0.4 is 5.73 Å². The molecule has 1 aromatic heterocycles. The molecule has 0 bridgehead atoms. The fourth-order valence-electron chi connectivity index (χ4n) is 1.42. The number of ether oxygens (including phenoxy) is 1. The van der Waals surface area contributed by atoms with Gasteiger partial charge in [0.2, 0.25) is 0 Å². The number of hydrogen-bond donors (Lipinski definition) is 1. The highest BCUT2D eigenvalue weighted by molar-refractivity contribution is 7.19. The van der Waals surface area contributed by atoms with Crippen molar-refractivity contribution in [2.45, 2.75) is 6.04 Å². The molecule has 0 saturated carbocycles. The standard InChI is InChI=1S/C11H10FNO2S/c1-15-11(14)10(13)9-4-6-2-3-7(12)5-8(6)16-9/h2-5,10H,13H2,1H3. The van der Waals surface area contributed by atoms with Crippen LogP contribution >= 0.6 is 11.3 Å². The highest BCUT2D eigenvalue weighted by atomic mass is 32.1. The molecule has 0 aliphatic carbocycles. The number of carbonyl (C=O) groups is 1. The van der Waals surface area contributed by atoms with Gasteiger partial charge in [0.1, 0.15) is 11.9 Å². The van der Waals surface area contributed by atoms with Gasteiger partial charge in [-0.05, 0) is 23.6 Å². The first kappa shape index (κ1) is 11.0. The molecule has 0 amide bonds. The Kier molecular flexibility index (Phi) is 2.89. The Balaban J connectivity index is 2.43. The molecule has 84 valence electrons. The molecule has 0 aliphatic heterocycles. The van der Waals surface area contributed by atoms with E-state index < -0.39 is 12.0 Å². The lowest BCUT2D eigenvalue weighted by molar-refractivity contribution is -0.142. The molecule has 3 nitrogen and oxygen atoms in total. The monoisotopic (exact) mass is 239 g/mol. The van der Waals surface area contributed by atoms with Crippen LogP contribution in [0.15, 0.2) is 24.3 Å². The molecule has 0 fully saturated rings. The van der Waals surface area contributed by atoms with Gasteiger partial charge in [-0.2, -0.15) is 0 Å². The molecule has 1 atom stereocenters. The van der Waals surface area contributed by atoms with E-state index in [4.69, 9.17) is 5.73 Å². The van der Waals surface area contributed by atoms with Crippen LogP contribution in [0.4, 0.5) is 4.39 Å². The number of benzene rings is 1. The Labute approximate surface area is 95.6 Å². The topological polar surface area (TPSA) is 52.3 Å². The Morgan fingerprint density at radius 3 is 2.94 bits per heavy atom. The lowest BCUT2D eigenvalue weighted by atomic mass is 10.2. The van der Waals surface area contributed by atoms with Gasteiger partial charge in [0.15, 0.2) is 0 Å². The molecule has 2 N–H and O–H groups in total. The molecule has 1 aromatic carbocycles. The molecule has 0 aliphatic rings. The van der Waals surface area contributed by atoms with Gasteiger partial charge < -0.3 is 10.5 Å². The van der Waals surface area contributed by atoms with E-state index in [-0.39, 0.29) is 5.82 Å². The Bertz CT molecular complexity index is 538. The molecule has 5 heteroatoms. The zero-order valence-electron chi connectivity index (χ0n) is 8.57. The minimum atomic E-state index is -0.800. The van der Waals surface area contributed by atoms with Crippen LogP contribution in [0.5, 0.6) is 0 Å². The van der Waals surface area contributed by atoms with Crippen LogP contribution in [0.2, 0.25) is 0 Å². The van der Waals surface area contributed by atoms with Gasteiger partial charge in [-0.25, -0.2) is 9.18 Å². The van der Waals surface area contributed by atoms with Gasteiger partial charge in [0.05, 0.1) is 7.11 Å². The summed E-state index contributed by atoms with van der Waals surface area (Å²) in [7, 11) is 1.29. The van der Waals surface area contributed by atoms with Crippen LogP contribution in [-0.2, 0) is 9.53 Å². The first-order valence-corrected chi connectivity index (χ1v) is 5.46. The number of thiophene rings is 1. The Morgan fingerprint density at radius 2 is 2.25 bits per heavy atom. The third-order valence-corrected chi connectivity index (χ3v) is 3.44. The van der Waals surface area contributed by atoms with Crippen molar-refractivity contribution in [1.82, 2.24) is 0 Å². The Morgan fingerprint density at radius 1 is 1.50 bits per heavy atom. The smallest absolute Gasteiger partial charge is 0.328 e. The van der Waals surface area contributed by atoms with Gasteiger partial charge in [-0.15, -0.1) is 11.3 Å². The largest absolute Gasteiger partial charge is 0.468 e. The molecule has 0 spiro atoms. The van der Waals surface area contributed by atoms with E-state index in [1.165, 1.54) is 30.6 Å². The number of halogens is 1. The van der Waals surface area contributed by atoms with E-state index in [2.05, 4.69) is 4.74 Å². The summed E-state index contributed by atoms with van der Waals surface area (Å²) >= 11 is 1.30. The van der Waals surface area contributed by atoms with Crippen molar-refractivity contribution in [3.8, 4) is 0 Å². The maximum atomic E-state index is 13.0. The van der Waals surface area contributed by atoms with Crippen LogP contribution in [0.1, 0.15) is 10.9 Å². The number of fused-ring (bicyclic) bond motifs is 1. The van der Waals surface area contributed by atoms with Crippen molar-refractivity contribution in [1.29, 1.82) is 0 Å². The molecule has 2 rings (SSSR count). The van der Waals surface area contributed by atoms with Gasteiger partial charge in [0, 0.05) is 9.58 Å². The number of nitrogens with two attached hydrogens (primary N) is 1. The van der Waals surface area contributed by atoms with Crippen molar-refractivity contribution in [3.05, 3.63) is 35.0 Å². The maximum Gasteiger partial charge on any atom is 0.328 e. The second-order valence-corrected chi connectivity index (χ2v) is 4.45. The summed E-state index contributed by atoms with van der Waals surface area (Å²) in [6.45, 7) is 0. The molecule has 0 radical (unpaired) electrons. The molecular formula is C11H10FNO2S. The van der Waals surface area contributed by atoms with E-state index in [0.29, 0.717) is 4.88 Å². The summed E-state index contributed by atoms with van der Waals surface area (Å²) in [5, 5.41) is 0.876. The van der Waals surface area contributed by atoms with Crippen LogP contribution in [0.3, 0.4) is 0 Å². The summed E-state index contributed by atoms with van der Waals surface area (Å²) in [6, 6.07) is 5.44. The van der Waals surface area contributed by atoms with E-state index >= 15 is 0 Å². The number of hydrogen-bond acceptors (Lipinski definition) is 4. The summed E-state index contributed by atoms with van der Waals surface area (Å²) in [6.07, 6.45) is 0. The lowest BCUT2D eigenvalue weighted by Gasteiger charge is -2.05. The minimum Gasteiger partial charge on any atom is -0.468 e. The maximum absolute atomic E-state index is 13.0. The van der Waals surface area contributed by atoms with Gasteiger partial charge >= 0.3 is 5.97 Å². The van der Waals surface area contributed by atoms with Crippen molar-refractivity contribution < 1.29 is 13.9 Å². The highest BCUT2D eigenvalue weighted by Crippen LogP contribution is 2.29. The summed E-state index contributed by atoms with van der Waals surface area (Å²) in [5.41, 5.74) is 5.69. The van der Waals surface area contributed by atoms with E-state index in [1.54, 1.807) is 12.1 Å². The molecule has 1 heterocycles. The van der Waals surface area contributed by atoms with Gasteiger partial charge in [-0.1, -0.05) is 6.07 Å². The van der Waals surface area contributed by atoms with E-state index in [1.807, 2.05) is 0 Å². The quantitative estimate of drug-likeness (QED) is 0.817. The summed E-state index contributed by atoms with van der Waals surface area (Å²) in [5.74, 6) is -0.792. The zero-order chi connectivity index (χ0) is 11.7. The first-order valence-electron chi connectivity index (χ1n) is 4.64. The first-order chi connectivity index (χ1) is 7.61. The average molecular weight is 239 g/mol. The molecular weight excluding hydrogens is 229 g/mol. The van der Waals surface area contributed by atoms with Gasteiger partial charge in [-0.3, -0.25) is 0 Å². The van der Waals surface area contributed by atoms with Crippen LogP contribution in [0.25, 0.3) is 10.1 Å². The van der Waals surface area contributed by atoms with Crippen molar-refractivity contribution in [2.75, 3.05) is 7.11 Å². The van der Waals surface area contributed by atoms with Crippen LogP contribution in [0, 0.1) is 5.82 Å². The molecule has 16 heavy (non-hydrogen) atoms. The predicted molar refractivity (Wildman–Crippen MR) is 60.7 cm³/mol. The van der Waals surface area contributed by atoms with Crippen LogP contribution in [-0.4, -0.2) is 13.1 Å². The van der Waals surface area contributed by atoms with E-state index in [9.17, 15) is 9.18 Å². The fourth-order valence-corrected chi connectivity index (χ4v) is 2.50. The second-order valence-electron chi connectivity index (χ2n) is 3.33. The van der Waals surface area contributed by atoms with Gasteiger partial charge in [0.25, 0.3) is 0 Å². The minimum absolute atomic E-state index is 0.299. The lowest BCUT2D eigenvalue weighted by Crippen LogP contribution is -2.21. The van der Waals surface area contributed by atoms with Crippen molar-refractivity contribution >= 4 is 27.4 Å². The molecule has 2 aromatic rings. The number of methoxy groups -OCH3 is 1. The average Bonchev–Trinajstić information content (AvgIpc) is 2.69. The normalized spacial score (nSPS) is 12.7. The summed E-state index contributed by atoms with van der Waals surface area (Å²) in [4.78, 5) is 11.9. The number of rotatable bonds is 2. The van der Waals surface area contributed by atoms with E-state index in [0.717, 1.165) is 10.1 Å². The van der Waals surface area contributed by atoms with Crippen molar-refractivity contribution in [3.63, 3.8) is 0 Å². The summed E-state index contributed by atoms with van der Waals surface area (Å²) < 4.78 is 18.3. The SMILES string of the molecule is COC(=O)C(N)c1cc2ccc(F)cc2s1. The fraction of sp³-hybridized carbons (Fsp3) is 0.182. The zero-order valence-corrected chi connectivity index (χ0v) is 9.38. The predicted octanol–water partition coefficient (Wildman–Crippen LogP) is 2.21.